The number of aliphatic hydroxyl groups is 2. The molecule has 132 valence electrons. The number of pyridine rings is 1. The largest absolute Gasteiger partial charge is 0.396 e. The smallest absolute Gasteiger partial charge is 0.321 e. The predicted molar refractivity (Wildman–Crippen MR) is 91.8 cm³/mol. The minimum absolute atomic E-state index is 0.0187. The number of nitrogens with zero attached hydrogens (tertiary/aromatic N) is 2. The highest BCUT2D eigenvalue weighted by atomic mass is 16.3. The Kier molecular flexibility index (Phi) is 4.53. The number of carbonyl (C=O) groups is 1. The van der Waals surface area contributed by atoms with Crippen LogP contribution in [0, 0.1) is 24.7 Å². The highest BCUT2D eigenvalue weighted by molar-refractivity contribution is 5.89. The number of aliphatic hydroxyl groups excluding tert-OH is 2. The fourth-order valence-corrected chi connectivity index (χ4v) is 4.58. The predicted octanol–water partition coefficient (Wildman–Crippen LogP) is 2.08. The molecule has 2 atom stereocenters. The van der Waals surface area contributed by atoms with Gasteiger partial charge in [-0.15, -0.1) is 0 Å². The van der Waals surface area contributed by atoms with E-state index in [1.165, 1.54) is 0 Å². The number of likely N-dealkylation sites (tertiary alicyclic amines) is 1. The number of hydrogen-bond donors (Lipinski definition) is 3. The van der Waals surface area contributed by atoms with E-state index in [9.17, 15) is 15.0 Å². The molecule has 0 bridgehead atoms. The van der Waals surface area contributed by atoms with Gasteiger partial charge >= 0.3 is 6.03 Å². The number of urea groups is 1. The van der Waals surface area contributed by atoms with E-state index in [2.05, 4.69) is 10.3 Å². The molecule has 0 aromatic carbocycles. The van der Waals surface area contributed by atoms with Crippen LogP contribution in [-0.2, 0) is 0 Å². The number of aromatic nitrogens is 1. The van der Waals surface area contributed by atoms with Gasteiger partial charge in [-0.25, -0.2) is 4.79 Å². The van der Waals surface area contributed by atoms with Crippen molar-refractivity contribution in [2.24, 2.45) is 10.8 Å². The van der Waals surface area contributed by atoms with Gasteiger partial charge in [-0.1, -0.05) is 12.8 Å². The van der Waals surface area contributed by atoms with E-state index in [-0.39, 0.29) is 30.1 Å². The molecule has 3 N–H and O–H groups in total. The van der Waals surface area contributed by atoms with Crippen LogP contribution < -0.4 is 5.32 Å². The van der Waals surface area contributed by atoms with Gasteiger partial charge in [0.2, 0.25) is 0 Å². The van der Waals surface area contributed by atoms with Crippen molar-refractivity contribution in [2.75, 3.05) is 31.6 Å². The third-order valence-electron chi connectivity index (χ3n) is 5.90. The molecule has 3 rings (SSSR count). The number of nitrogens with one attached hydrogen (secondary N) is 1. The quantitative estimate of drug-likeness (QED) is 0.790. The van der Waals surface area contributed by atoms with Gasteiger partial charge < -0.3 is 20.4 Å². The van der Waals surface area contributed by atoms with Crippen LogP contribution in [0.4, 0.5) is 10.5 Å². The van der Waals surface area contributed by atoms with Crippen molar-refractivity contribution in [1.82, 2.24) is 9.88 Å². The van der Waals surface area contributed by atoms with Crippen molar-refractivity contribution >= 4 is 11.7 Å². The molecule has 1 aliphatic carbocycles. The zero-order chi connectivity index (χ0) is 17.4. The van der Waals surface area contributed by atoms with E-state index >= 15 is 0 Å². The zero-order valence-corrected chi connectivity index (χ0v) is 14.5. The first-order chi connectivity index (χ1) is 11.4. The molecule has 0 spiro atoms. The fraction of sp³-hybridized carbons (Fsp3) is 0.667. The molecular weight excluding hydrogens is 306 g/mol. The van der Waals surface area contributed by atoms with Gasteiger partial charge in [0.25, 0.3) is 0 Å². The third kappa shape index (κ3) is 2.78. The van der Waals surface area contributed by atoms with Crippen molar-refractivity contribution in [3.63, 3.8) is 0 Å². The number of anilines is 1. The number of aryl methyl sites for hydroxylation is 2. The van der Waals surface area contributed by atoms with Gasteiger partial charge in [-0.05, 0) is 38.8 Å². The van der Waals surface area contributed by atoms with E-state index in [4.69, 9.17) is 0 Å². The van der Waals surface area contributed by atoms with Crippen molar-refractivity contribution in [3.05, 3.63) is 23.5 Å². The van der Waals surface area contributed by atoms with Crippen molar-refractivity contribution in [1.29, 1.82) is 0 Å². The summed E-state index contributed by atoms with van der Waals surface area (Å²) >= 11 is 0. The molecule has 1 aromatic heterocycles. The minimum atomic E-state index is -0.374. The Hall–Kier alpha value is -1.66. The van der Waals surface area contributed by atoms with Crippen LogP contribution in [0.25, 0.3) is 0 Å². The second kappa shape index (κ2) is 6.33. The summed E-state index contributed by atoms with van der Waals surface area (Å²) in [6, 6.07) is 3.52. The second-order valence-corrected chi connectivity index (χ2v) is 7.51. The van der Waals surface area contributed by atoms with Gasteiger partial charge in [0.1, 0.15) is 0 Å². The molecule has 2 fully saturated rings. The number of fused-ring (bicyclic) bond motifs is 1. The van der Waals surface area contributed by atoms with Gasteiger partial charge in [-0.2, -0.15) is 0 Å². The maximum absolute atomic E-state index is 12.7. The maximum Gasteiger partial charge on any atom is 0.321 e. The summed E-state index contributed by atoms with van der Waals surface area (Å²) in [5.74, 6) is 0. The molecule has 6 nitrogen and oxygen atoms in total. The molecule has 1 aliphatic heterocycles. The Morgan fingerprint density at radius 1 is 1.12 bits per heavy atom. The Morgan fingerprint density at radius 3 is 2.08 bits per heavy atom. The molecule has 1 aromatic rings. The number of carbonyl (C=O) groups excluding carboxylic acids is 1. The van der Waals surface area contributed by atoms with Crippen LogP contribution in [-0.4, -0.2) is 52.4 Å². The summed E-state index contributed by atoms with van der Waals surface area (Å²) in [7, 11) is 0. The highest BCUT2D eigenvalue weighted by Crippen LogP contribution is 2.55. The molecule has 1 saturated heterocycles. The molecule has 2 aliphatic rings. The normalized spacial score (nSPS) is 29.4. The monoisotopic (exact) mass is 333 g/mol. The summed E-state index contributed by atoms with van der Waals surface area (Å²) in [5.41, 5.74) is 1.71. The van der Waals surface area contributed by atoms with Crippen LogP contribution in [0.5, 0.6) is 0 Å². The Labute approximate surface area is 142 Å². The SMILES string of the molecule is Cc1cc(NC(=O)N2C[C@]3(CO)CCCC[C@]3(CO)C2)cc(C)n1. The highest BCUT2D eigenvalue weighted by Gasteiger charge is 2.58. The van der Waals surface area contributed by atoms with Gasteiger partial charge in [0.15, 0.2) is 0 Å². The van der Waals surface area contributed by atoms with Gasteiger partial charge in [0.05, 0.1) is 13.2 Å². The Morgan fingerprint density at radius 2 is 1.62 bits per heavy atom. The van der Waals surface area contributed by atoms with E-state index < -0.39 is 0 Å². The van der Waals surface area contributed by atoms with Crippen LogP contribution >= 0.6 is 0 Å². The average Bonchev–Trinajstić information content (AvgIpc) is 2.90. The number of hydrogen-bond acceptors (Lipinski definition) is 4. The van der Waals surface area contributed by atoms with Gasteiger partial charge in [0, 0.05) is 41.0 Å². The lowest BCUT2D eigenvalue weighted by Crippen LogP contribution is -2.48. The summed E-state index contributed by atoms with van der Waals surface area (Å²) in [5, 5.41) is 23.0. The topological polar surface area (TPSA) is 85.7 Å². The van der Waals surface area contributed by atoms with Crippen molar-refractivity contribution in [3.8, 4) is 0 Å². The fourth-order valence-electron chi connectivity index (χ4n) is 4.58. The summed E-state index contributed by atoms with van der Waals surface area (Å²) in [6.45, 7) is 4.83. The van der Waals surface area contributed by atoms with E-state index in [0.29, 0.717) is 13.1 Å². The summed E-state index contributed by atoms with van der Waals surface area (Å²) < 4.78 is 0. The third-order valence-corrected chi connectivity index (χ3v) is 5.90. The first-order valence-corrected chi connectivity index (χ1v) is 8.67. The maximum atomic E-state index is 12.7. The lowest BCUT2D eigenvalue weighted by Gasteiger charge is -2.46. The van der Waals surface area contributed by atoms with Crippen molar-refractivity contribution < 1.29 is 15.0 Å². The molecular formula is C18H27N3O3. The summed E-state index contributed by atoms with van der Waals surface area (Å²) in [6.07, 6.45) is 3.81. The zero-order valence-electron chi connectivity index (χ0n) is 14.5. The number of amides is 2. The molecule has 6 heteroatoms. The molecule has 2 amide bonds. The Bertz CT molecular complexity index is 594. The van der Waals surface area contributed by atoms with Crippen LogP contribution in [0.2, 0.25) is 0 Å². The molecule has 1 saturated carbocycles. The standard InChI is InChI=1S/C18H27N3O3/c1-13-7-15(8-14(2)19-13)20-16(24)21-9-17(11-22)5-3-4-6-18(17,10-21)12-23/h7-8,22-23H,3-6,9-12H2,1-2H3,(H,19,20,24)/t17-,18+. The number of rotatable bonds is 3. The van der Waals surface area contributed by atoms with E-state index in [1.807, 2.05) is 26.0 Å². The van der Waals surface area contributed by atoms with Gasteiger partial charge in [-0.3, -0.25) is 4.98 Å². The average molecular weight is 333 g/mol. The van der Waals surface area contributed by atoms with Crippen molar-refractivity contribution in [2.45, 2.75) is 39.5 Å². The lowest BCUT2D eigenvalue weighted by molar-refractivity contribution is -0.0490. The van der Waals surface area contributed by atoms with Crippen LogP contribution in [0.15, 0.2) is 12.1 Å². The van der Waals surface area contributed by atoms with Crippen LogP contribution in [0.3, 0.4) is 0 Å². The second-order valence-electron chi connectivity index (χ2n) is 7.51. The first kappa shape index (κ1) is 17.2. The molecule has 24 heavy (non-hydrogen) atoms. The van der Waals surface area contributed by atoms with E-state index in [1.54, 1.807) is 4.90 Å². The summed E-state index contributed by atoms with van der Waals surface area (Å²) in [4.78, 5) is 18.8. The van der Waals surface area contributed by atoms with Crippen LogP contribution in [0.1, 0.15) is 37.1 Å². The minimum Gasteiger partial charge on any atom is -0.396 e. The Balaban J connectivity index is 1.79. The van der Waals surface area contributed by atoms with E-state index in [0.717, 1.165) is 42.8 Å². The molecule has 0 radical (unpaired) electrons. The first-order valence-electron chi connectivity index (χ1n) is 8.67. The molecule has 0 unspecified atom stereocenters. The lowest BCUT2D eigenvalue weighted by atomic mass is 9.58. The molecule has 2 heterocycles.